The van der Waals surface area contributed by atoms with Crippen molar-refractivity contribution in [2.45, 2.75) is 12.8 Å². The van der Waals surface area contributed by atoms with E-state index in [1.54, 1.807) is 17.5 Å². The Balaban J connectivity index is 1.72. The van der Waals surface area contributed by atoms with E-state index in [1.807, 2.05) is 12.1 Å². The Bertz CT molecular complexity index is 871. The molecule has 0 aliphatic heterocycles. The zero-order chi connectivity index (χ0) is 15.2. The summed E-state index contributed by atoms with van der Waals surface area (Å²) >= 11 is 1.57. The smallest absolute Gasteiger partial charge is 0.222 e. The van der Waals surface area contributed by atoms with Crippen molar-refractivity contribution in [3.63, 3.8) is 0 Å². The molecular formula is C14H13N7S. The molecule has 1 fully saturated rings. The summed E-state index contributed by atoms with van der Waals surface area (Å²) in [6.07, 6.45) is 3.58. The molecule has 1 aliphatic carbocycles. The van der Waals surface area contributed by atoms with Gasteiger partial charge in [-0.2, -0.15) is 15.3 Å². The van der Waals surface area contributed by atoms with Gasteiger partial charge in [0.2, 0.25) is 5.95 Å². The standard InChI is InChI=1S/C14H13N7S/c15-6-14(2-3-14)7-17-12-11-9(19-13(16)20-12)5-10(22-11)8-1-4-18-21-8/h1,4-5H,2-3,7H2,(H,18,21)(H3,16,17,19,20). The fraction of sp³-hybridized carbons (Fsp3) is 0.286. The van der Waals surface area contributed by atoms with Crippen molar-refractivity contribution in [2.24, 2.45) is 5.41 Å². The van der Waals surface area contributed by atoms with E-state index in [4.69, 9.17) is 5.73 Å². The van der Waals surface area contributed by atoms with Gasteiger partial charge < -0.3 is 11.1 Å². The van der Waals surface area contributed by atoms with Gasteiger partial charge >= 0.3 is 0 Å². The summed E-state index contributed by atoms with van der Waals surface area (Å²) in [6, 6.07) is 6.24. The van der Waals surface area contributed by atoms with Crippen LogP contribution in [0, 0.1) is 16.7 Å². The molecule has 7 nitrogen and oxygen atoms in total. The number of nitrogen functional groups attached to an aromatic ring is 1. The van der Waals surface area contributed by atoms with Crippen LogP contribution in [0.4, 0.5) is 11.8 Å². The number of hydrogen-bond acceptors (Lipinski definition) is 7. The number of thiophene rings is 1. The van der Waals surface area contributed by atoms with Gasteiger partial charge in [-0.15, -0.1) is 11.3 Å². The highest BCUT2D eigenvalue weighted by atomic mass is 32.1. The number of anilines is 2. The molecule has 22 heavy (non-hydrogen) atoms. The quantitative estimate of drug-likeness (QED) is 0.681. The van der Waals surface area contributed by atoms with E-state index < -0.39 is 0 Å². The van der Waals surface area contributed by atoms with Crippen LogP contribution in [0.5, 0.6) is 0 Å². The third-order valence-corrected chi connectivity index (χ3v) is 5.00. The van der Waals surface area contributed by atoms with E-state index in [-0.39, 0.29) is 11.4 Å². The van der Waals surface area contributed by atoms with Crippen LogP contribution in [0.3, 0.4) is 0 Å². The minimum Gasteiger partial charge on any atom is -0.368 e. The second kappa shape index (κ2) is 4.68. The lowest BCUT2D eigenvalue weighted by Crippen LogP contribution is -2.14. The molecule has 0 atom stereocenters. The molecule has 0 bridgehead atoms. The first kappa shape index (κ1) is 13.0. The molecule has 0 radical (unpaired) electrons. The number of nitrogens with two attached hydrogens (primary N) is 1. The lowest BCUT2D eigenvalue weighted by atomic mass is 10.1. The van der Waals surface area contributed by atoms with Crippen molar-refractivity contribution in [1.29, 1.82) is 5.26 Å². The summed E-state index contributed by atoms with van der Waals surface area (Å²) in [5.41, 5.74) is 7.29. The Morgan fingerprint density at radius 1 is 1.45 bits per heavy atom. The van der Waals surface area contributed by atoms with E-state index in [1.165, 1.54) is 0 Å². The van der Waals surface area contributed by atoms with Gasteiger partial charge in [-0.3, -0.25) is 5.10 Å². The summed E-state index contributed by atoms with van der Waals surface area (Å²) in [5, 5.41) is 19.4. The summed E-state index contributed by atoms with van der Waals surface area (Å²) in [7, 11) is 0. The number of H-pyrrole nitrogens is 1. The Morgan fingerprint density at radius 3 is 3.00 bits per heavy atom. The molecule has 3 aromatic rings. The predicted molar refractivity (Wildman–Crippen MR) is 85.2 cm³/mol. The molecule has 4 N–H and O–H groups in total. The van der Waals surface area contributed by atoms with Gasteiger partial charge in [0.15, 0.2) is 0 Å². The lowest BCUT2D eigenvalue weighted by molar-refractivity contribution is 0.710. The van der Waals surface area contributed by atoms with Crippen LogP contribution in [0.25, 0.3) is 20.8 Å². The first-order chi connectivity index (χ1) is 10.7. The second-order valence-electron chi connectivity index (χ2n) is 5.47. The number of fused-ring (bicyclic) bond motifs is 1. The summed E-state index contributed by atoms with van der Waals surface area (Å²) in [4.78, 5) is 9.60. The molecule has 1 saturated carbocycles. The van der Waals surface area contributed by atoms with E-state index in [0.717, 1.165) is 33.6 Å². The average molecular weight is 311 g/mol. The third kappa shape index (κ3) is 2.16. The minimum atomic E-state index is -0.241. The van der Waals surface area contributed by atoms with Gasteiger partial charge in [0, 0.05) is 12.7 Å². The summed E-state index contributed by atoms with van der Waals surface area (Å²) < 4.78 is 0.938. The number of hydrogen-bond donors (Lipinski definition) is 3. The largest absolute Gasteiger partial charge is 0.368 e. The van der Waals surface area contributed by atoms with Crippen LogP contribution >= 0.6 is 11.3 Å². The highest BCUT2D eigenvalue weighted by molar-refractivity contribution is 7.22. The second-order valence-corrected chi connectivity index (χ2v) is 6.52. The number of nitrogens with one attached hydrogen (secondary N) is 2. The molecule has 0 amide bonds. The maximum atomic E-state index is 9.18. The van der Waals surface area contributed by atoms with Crippen LogP contribution in [-0.4, -0.2) is 26.7 Å². The van der Waals surface area contributed by atoms with Gasteiger partial charge in [-0.05, 0) is 25.0 Å². The Morgan fingerprint density at radius 2 is 2.32 bits per heavy atom. The fourth-order valence-corrected chi connectivity index (χ4v) is 3.36. The maximum absolute atomic E-state index is 9.18. The van der Waals surface area contributed by atoms with E-state index >= 15 is 0 Å². The maximum Gasteiger partial charge on any atom is 0.222 e. The monoisotopic (exact) mass is 311 g/mol. The molecule has 4 rings (SSSR count). The van der Waals surface area contributed by atoms with E-state index in [0.29, 0.717) is 12.4 Å². The van der Waals surface area contributed by atoms with Crippen LogP contribution in [0.15, 0.2) is 18.3 Å². The highest BCUT2D eigenvalue weighted by Gasteiger charge is 2.43. The first-order valence-electron chi connectivity index (χ1n) is 6.91. The van der Waals surface area contributed by atoms with Crippen molar-refractivity contribution in [1.82, 2.24) is 20.2 Å². The zero-order valence-corrected chi connectivity index (χ0v) is 12.4. The molecule has 3 aromatic heterocycles. The van der Waals surface area contributed by atoms with Crippen LogP contribution in [0.1, 0.15) is 12.8 Å². The molecule has 0 spiro atoms. The van der Waals surface area contributed by atoms with Gasteiger partial charge in [0.25, 0.3) is 0 Å². The average Bonchev–Trinajstić information content (AvgIpc) is 2.92. The molecule has 110 valence electrons. The van der Waals surface area contributed by atoms with Gasteiger partial charge in [0.1, 0.15) is 5.82 Å². The Kier molecular flexibility index (Phi) is 2.77. The highest BCUT2D eigenvalue weighted by Crippen LogP contribution is 2.45. The Hall–Kier alpha value is -2.66. The van der Waals surface area contributed by atoms with Crippen LogP contribution in [0.2, 0.25) is 0 Å². The van der Waals surface area contributed by atoms with E-state index in [2.05, 4.69) is 31.6 Å². The van der Waals surface area contributed by atoms with Crippen molar-refractivity contribution in [2.75, 3.05) is 17.6 Å². The summed E-state index contributed by atoms with van der Waals surface area (Å²) in [6.45, 7) is 0.590. The van der Waals surface area contributed by atoms with Gasteiger partial charge in [-0.1, -0.05) is 0 Å². The molecule has 1 aliphatic rings. The Labute approximate surface area is 130 Å². The van der Waals surface area contributed by atoms with E-state index in [9.17, 15) is 5.26 Å². The van der Waals surface area contributed by atoms with Crippen LogP contribution in [-0.2, 0) is 0 Å². The van der Waals surface area contributed by atoms with Crippen LogP contribution < -0.4 is 11.1 Å². The van der Waals surface area contributed by atoms with Gasteiger partial charge in [-0.25, -0.2) is 4.98 Å². The molecule has 0 aromatic carbocycles. The third-order valence-electron chi connectivity index (χ3n) is 3.84. The van der Waals surface area contributed by atoms with Crippen molar-refractivity contribution in [3.8, 4) is 16.6 Å². The SMILES string of the molecule is N#CC1(CNc2nc(N)nc3cc(-c4ccn[nH]4)sc23)CC1. The molecule has 0 unspecified atom stereocenters. The van der Waals surface area contributed by atoms with Crippen molar-refractivity contribution >= 4 is 33.3 Å². The normalized spacial score (nSPS) is 15.6. The number of nitriles is 1. The molecule has 0 saturated heterocycles. The zero-order valence-electron chi connectivity index (χ0n) is 11.6. The minimum absolute atomic E-state index is 0.228. The lowest BCUT2D eigenvalue weighted by Gasteiger charge is -2.09. The van der Waals surface area contributed by atoms with Crippen molar-refractivity contribution in [3.05, 3.63) is 18.3 Å². The molecule has 8 heteroatoms. The predicted octanol–water partition coefficient (Wildman–Crippen LogP) is 2.38. The topological polar surface area (TPSA) is 116 Å². The first-order valence-corrected chi connectivity index (χ1v) is 7.73. The van der Waals surface area contributed by atoms with Gasteiger partial charge in [0.05, 0.1) is 32.3 Å². The molecule has 3 heterocycles. The number of rotatable bonds is 4. The number of nitrogens with zero attached hydrogens (tertiary/aromatic N) is 4. The number of aromatic amines is 1. The fourth-order valence-electron chi connectivity index (χ4n) is 2.33. The molecular weight excluding hydrogens is 298 g/mol. The summed E-state index contributed by atoms with van der Waals surface area (Å²) in [5.74, 6) is 0.922. The van der Waals surface area contributed by atoms with Crippen molar-refractivity contribution < 1.29 is 0 Å². The number of aromatic nitrogens is 4.